The molecule has 0 amide bonds. The normalized spacial score (nSPS) is 13.5. The molecule has 1 rings (SSSR count). The average molecular weight is 238 g/mol. The number of nitrogens with zero attached hydrogens (tertiary/aromatic N) is 2. The molecule has 0 aromatic carbocycles. The maximum atomic E-state index is 12.0. The van der Waals surface area contributed by atoms with Crippen LogP contribution < -0.4 is 0 Å². The van der Waals surface area contributed by atoms with Crippen LogP contribution in [0.1, 0.15) is 52.7 Å². The van der Waals surface area contributed by atoms with Crippen molar-refractivity contribution in [1.29, 1.82) is 0 Å². The van der Waals surface area contributed by atoms with E-state index >= 15 is 0 Å². The number of aromatic nitrogens is 2. The lowest BCUT2D eigenvalue weighted by atomic mass is 10.1. The van der Waals surface area contributed by atoms with Gasteiger partial charge in [0.1, 0.15) is 5.60 Å². The van der Waals surface area contributed by atoms with Gasteiger partial charge < -0.3 is 4.74 Å². The third kappa shape index (κ3) is 3.88. The first kappa shape index (κ1) is 13.7. The molecule has 0 saturated carbocycles. The molecule has 0 fully saturated rings. The molecule has 1 aromatic rings. The monoisotopic (exact) mass is 238 g/mol. The van der Waals surface area contributed by atoms with Gasteiger partial charge >= 0.3 is 5.97 Å². The Labute approximate surface area is 103 Å². The van der Waals surface area contributed by atoms with Gasteiger partial charge in [-0.05, 0) is 40.2 Å². The highest BCUT2D eigenvalue weighted by atomic mass is 16.6. The summed E-state index contributed by atoms with van der Waals surface area (Å²) in [5.41, 5.74) is 0.474. The Bertz CT molecular complexity index is 377. The first-order valence-corrected chi connectivity index (χ1v) is 6.09. The predicted molar refractivity (Wildman–Crippen MR) is 66.8 cm³/mol. The van der Waals surface area contributed by atoms with Gasteiger partial charge in [-0.2, -0.15) is 5.10 Å². The summed E-state index contributed by atoms with van der Waals surface area (Å²) in [5, 5.41) is 4.21. The first-order chi connectivity index (χ1) is 7.85. The standard InChI is InChI=1S/C13H22N2O2/c1-6-9-15-11(7-8-14-15)10(2)12(16)17-13(3,4)5/h7-8,10H,6,9H2,1-5H3. The van der Waals surface area contributed by atoms with Crippen molar-refractivity contribution in [3.63, 3.8) is 0 Å². The predicted octanol–water partition coefficient (Wildman–Crippen LogP) is 2.74. The number of ether oxygens (including phenoxy) is 1. The highest BCUT2D eigenvalue weighted by Gasteiger charge is 2.25. The topological polar surface area (TPSA) is 44.1 Å². The average Bonchev–Trinajstić information content (AvgIpc) is 2.62. The summed E-state index contributed by atoms with van der Waals surface area (Å²) in [6.07, 6.45) is 2.72. The van der Waals surface area contributed by atoms with Crippen LogP contribution in [0.5, 0.6) is 0 Å². The zero-order valence-electron chi connectivity index (χ0n) is 11.4. The summed E-state index contributed by atoms with van der Waals surface area (Å²) in [5.74, 6) is -0.473. The Balaban J connectivity index is 2.78. The van der Waals surface area contributed by atoms with Gasteiger partial charge in [0.2, 0.25) is 0 Å². The van der Waals surface area contributed by atoms with Crippen molar-refractivity contribution in [3.8, 4) is 0 Å². The number of carbonyl (C=O) groups is 1. The van der Waals surface area contributed by atoms with Crippen LogP contribution in [0.3, 0.4) is 0 Å². The van der Waals surface area contributed by atoms with Crippen LogP contribution >= 0.6 is 0 Å². The lowest BCUT2D eigenvalue weighted by Crippen LogP contribution is -2.27. The van der Waals surface area contributed by atoms with Gasteiger partial charge in [0.15, 0.2) is 0 Å². The Morgan fingerprint density at radius 1 is 1.53 bits per heavy atom. The van der Waals surface area contributed by atoms with E-state index in [1.165, 1.54) is 0 Å². The van der Waals surface area contributed by atoms with Crippen LogP contribution in [-0.4, -0.2) is 21.4 Å². The van der Waals surface area contributed by atoms with E-state index in [1.54, 1.807) is 6.20 Å². The molecule has 4 nitrogen and oxygen atoms in total. The summed E-state index contributed by atoms with van der Waals surface area (Å²) in [4.78, 5) is 12.0. The van der Waals surface area contributed by atoms with Gasteiger partial charge in [0, 0.05) is 12.7 Å². The van der Waals surface area contributed by atoms with Gasteiger partial charge in [0.25, 0.3) is 0 Å². The molecule has 1 aromatic heterocycles. The van der Waals surface area contributed by atoms with Gasteiger partial charge in [-0.3, -0.25) is 9.48 Å². The molecule has 0 aliphatic carbocycles. The molecule has 1 unspecified atom stereocenters. The minimum absolute atomic E-state index is 0.199. The summed E-state index contributed by atoms with van der Waals surface area (Å²) in [6.45, 7) is 10.4. The second-order valence-electron chi connectivity index (χ2n) is 5.23. The molecule has 0 saturated heterocycles. The third-order valence-electron chi connectivity index (χ3n) is 2.39. The van der Waals surface area contributed by atoms with Gasteiger partial charge in [-0.1, -0.05) is 6.92 Å². The summed E-state index contributed by atoms with van der Waals surface area (Å²) >= 11 is 0. The van der Waals surface area contributed by atoms with E-state index in [4.69, 9.17) is 4.74 Å². The summed E-state index contributed by atoms with van der Waals surface area (Å²) < 4.78 is 7.25. The maximum absolute atomic E-state index is 12.0. The van der Waals surface area contributed by atoms with E-state index < -0.39 is 5.60 Å². The minimum Gasteiger partial charge on any atom is -0.459 e. The molecular weight excluding hydrogens is 216 g/mol. The van der Waals surface area contributed by atoms with Crippen molar-refractivity contribution in [2.45, 2.75) is 59.1 Å². The fraction of sp³-hybridized carbons (Fsp3) is 0.692. The highest BCUT2D eigenvalue weighted by molar-refractivity contribution is 5.77. The third-order valence-corrected chi connectivity index (χ3v) is 2.39. The quantitative estimate of drug-likeness (QED) is 0.758. The Morgan fingerprint density at radius 2 is 2.18 bits per heavy atom. The lowest BCUT2D eigenvalue weighted by Gasteiger charge is -2.22. The summed E-state index contributed by atoms with van der Waals surface area (Å²) in [7, 11) is 0. The van der Waals surface area contributed by atoms with Crippen molar-refractivity contribution in [3.05, 3.63) is 18.0 Å². The molecule has 17 heavy (non-hydrogen) atoms. The molecule has 0 radical (unpaired) electrons. The van der Waals surface area contributed by atoms with E-state index in [9.17, 15) is 4.79 Å². The van der Waals surface area contributed by atoms with Gasteiger partial charge in [-0.25, -0.2) is 0 Å². The number of rotatable bonds is 4. The number of esters is 1. The summed E-state index contributed by atoms with van der Waals surface area (Å²) in [6, 6.07) is 1.88. The molecular formula is C13H22N2O2. The van der Waals surface area contributed by atoms with E-state index in [2.05, 4.69) is 12.0 Å². The molecule has 0 aliphatic heterocycles. The van der Waals surface area contributed by atoms with Crippen LogP contribution in [0.2, 0.25) is 0 Å². The van der Waals surface area contributed by atoms with Crippen LogP contribution in [0, 0.1) is 0 Å². The van der Waals surface area contributed by atoms with Crippen LogP contribution in [0.4, 0.5) is 0 Å². The van der Waals surface area contributed by atoms with E-state index in [1.807, 2.05) is 38.4 Å². The Morgan fingerprint density at radius 3 is 2.71 bits per heavy atom. The highest BCUT2D eigenvalue weighted by Crippen LogP contribution is 2.20. The Hall–Kier alpha value is -1.32. The van der Waals surface area contributed by atoms with Crippen molar-refractivity contribution < 1.29 is 9.53 Å². The smallest absolute Gasteiger partial charge is 0.315 e. The van der Waals surface area contributed by atoms with Crippen molar-refractivity contribution >= 4 is 5.97 Å². The second-order valence-corrected chi connectivity index (χ2v) is 5.23. The molecule has 4 heteroatoms. The molecule has 1 heterocycles. The van der Waals surface area contributed by atoms with Crippen LogP contribution in [0.25, 0.3) is 0 Å². The van der Waals surface area contributed by atoms with E-state index in [0.717, 1.165) is 18.7 Å². The fourth-order valence-corrected chi connectivity index (χ4v) is 1.62. The van der Waals surface area contributed by atoms with Crippen molar-refractivity contribution in [2.24, 2.45) is 0 Å². The number of hydrogen-bond acceptors (Lipinski definition) is 3. The van der Waals surface area contributed by atoms with Crippen LogP contribution in [-0.2, 0) is 16.1 Å². The largest absolute Gasteiger partial charge is 0.459 e. The molecule has 1 atom stereocenters. The number of aryl methyl sites for hydroxylation is 1. The Kier molecular flexibility index (Phi) is 4.32. The fourth-order valence-electron chi connectivity index (χ4n) is 1.62. The molecule has 0 aliphatic rings. The van der Waals surface area contributed by atoms with Gasteiger partial charge in [0.05, 0.1) is 11.6 Å². The zero-order valence-corrected chi connectivity index (χ0v) is 11.4. The zero-order chi connectivity index (χ0) is 13.1. The number of carbonyl (C=O) groups excluding carboxylic acids is 1. The molecule has 0 spiro atoms. The van der Waals surface area contributed by atoms with Gasteiger partial charge in [-0.15, -0.1) is 0 Å². The van der Waals surface area contributed by atoms with Crippen LogP contribution in [0.15, 0.2) is 12.3 Å². The minimum atomic E-state index is -0.444. The molecule has 0 bridgehead atoms. The second kappa shape index (κ2) is 5.34. The SMILES string of the molecule is CCCn1nccc1C(C)C(=O)OC(C)(C)C. The maximum Gasteiger partial charge on any atom is 0.315 e. The lowest BCUT2D eigenvalue weighted by molar-refractivity contribution is -0.156. The molecule has 0 N–H and O–H groups in total. The van der Waals surface area contributed by atoms with Crippen molar-refractivity contribution in [2.75, 3.05) is 0 Å². The first-order valence-electron chi connectivity index (χ1n) is 6.09. The molecule has 96 valence electrons. The van der Waals surface area contributed by atoms with E-state index in [-0.39, 0.29) is 11.9 Å². The van der Waals surface area contributed by atoms with E-state index in [0.29, 0.717) is 0 Å². The number of hydrogen-bond donors (Lipinski definition) is 0. The van der Waals surface area contributed by atoms with Crippen molar-refractivity contribution in [1.82, 2.24) is 9.78 Å².